The summed E-state index contributed by atoms with van der Waals surface area (Å²) in [6.45, 7) is 0. The Morgan fingerprint density at radius 2 is 0.318 bits per heavy atom. The van der Waals surface area contributed by atoms with Crippen molar-refractivity contribution < 1.29 is 79.0 Å². The molecule has 0 radical (unpaired) electrons. The molecule has 0 saturated heterocycles. The zero-order valence-electron chi connectivity index (χ0n) is 20.2. The predicted molar refractivity (Wildman–Crippen MR) is 120 cm³/mol. The minimum Gasteiger partial charge on any atom is -0.204 e. The molecule has 0 N–H and O–H groups in total. The fourth-order valence-electron chi connectivity index (χ4n) is 4.07. The van der Waals surface area contributed by atoms with Gasteiger partial charge < -0.3 is 0 Å². The second kappa shape index (κ2) is 11.5. The van der Waals surface area contributed by atoms with E-state index in [1.807, 2.05) is 0 Å². The number of hydrogen-bond acceptors (Lipinski definition) is 0. The van der Waals surface area contributed by atoms with Crippen LogP contribution in [0.4, 0.5) is 79.0 Å². The molecular weight excluding hydrogens is 686 g/mol. The Labute approximate surface area is 235 Å². The van der Waals surface area contributed by atoms with Gasteiger partial charge in [-0.3, -0.25) is 0 Å². The van der Waals surface area contributed by atoms with E-state index >= 15 is 0 Å². The first-order valence-electron chi connectivity index (χ1n) is 11.1. The van der Waals surface area contributed by atoms with Gasteiger partial charge in [0.1, 0.15) is 19.0 Å². The molecule has 0 amide bonds. The molecule has 20 heteroatoms. The van der Waals surface area contributed by atoms with Gasteiger partial charge in [-0.2, -0.15) is 0 Å². The van der Waals surface area contributed by atoms with Crippen molar-refractivity contribution in [3.05, 3.63) is 105 Å². The summed E-state index contributed by atoms with van der Waals surface area (Å²) in [7, 11) is -7.51. The molecule has 0 bridgehead atoms. The molecule has 4 rings (SSSR count). The maximum absolute atomic E-state index is 14.9. The van der Waals surface area contributed by atoms with Crippen LogP contribution in [-0.4, -0.2) is 19.0 Å². The summed E-state index contributed by atoms with van der Waals surface area (Å²) in [6.07, 6.45) is 0. The largest absolute Gasteiger partial charge is 0.204 e. The Bertz CT molecular complexity index is 1650. The van der Waals surface area contributed by atoms with Crippen molar-refractivity contribution in [1.29, 1.82) is 0 Å². The lowest BCUT2D eigenvalue weighted by Crippen LogP contribution is -2.40. The van der Waals surface area contributed by atoms with Crippen LogP contribution >= 0.6 is 0 Å². The molecule has 4 aromatic rings. The second-order valence-electron chi connectivity index (χ2n) is 8.67. The lowest BCUT2D eigenvalue weighted by atomic mass is 10.0. The Morgan fingerprint density at radius 3 is 0.500 bits per heavy atom. The molecule has 0 aliphatic carbocycles. The van der Waals surface area contributed by atoms with Gasteiger partial charge in [0.25, 0.3) is 0 Å². The van der Waals surface area contributed by atoms with Gasteiger partial charge in [-0.15, -0.1) is 0 Å². The zero-order valence-corrected chi connectivity index (χ0v) is 23.0. The second-order valence-corrected chi connectivity index (χ2v) is 12.2. The van der Waals surface area contributed by atoms with Gasteiger partial charge in [0, 0.05) is 20.7 Å². The summed E-state index contributed by atoms with van der Waals surface area (Å²) < 4.78 is 255. The molecule has 0 heterocycles. The van der Waals surface area contributed by atoms with Crippen LogP contribution in [0.3, 0.4) is 0 Å². The maximum Gasteiger partial charge on any atom is 0.200 e. The number of benzene rings is 4. The molecule has 0 spiro atoms. The zero-order chi connectivity index (χ0) is 33.3. The van der Waals surface area contributed by atoms with Gasteiger partial charge in [-0.1, -0.05) is 0 Å². The minimum atomic E-state index is -3.76. The summed E-state index contributed by atoms with van der Waals surface area (Å²) in [4.78, 5) is 0. The third kappa shape index (κ3) is 4.83. The average Bonchev–Trinajstić information content (AvgIpc) is 2.99. The summed E-state index contributed by atoms with van der Waals surface area (Å²) in [5, 5.41) is -7.74. The predicted octanol–water partition coefficient (Wildman–Crippen LogP) is 4.10. The van der Waals surface area contributed by atoms with E-state index in [0.29, 0.717) is 0 Å². The van der Waals surface area contributed by atoms with E-state index in [9.17, 15) is 79.0 Å². The van der Waals surface area contributed by atoms with Crippen LogP contribution in [0.25, 0.3) is 11.1 Å². The van der Waals surface area contributed by atoms with Crippen LogP contribution in [-0.2, 0) is 0 Å². The van der Waals surface area contributed by atoms with Crippen molar-refractivity contribution in [2.75, 3.05) is 0 Å². The summed E-state index contributed by atoms with van der Waals surface area (Å²) >= 11 is 0. The molecule has 0 unspecified atom stereocenters. The van der Waals surface area contributed by atoms with E-state index < -0.39 is 156 Å². The Kier molecular flexibility index (Phi) is 8.63. The van der Waals surface area contributed by atoms with Gasteiger partial charge in [0.05, 0.1) is 11.1 Å². The van der Waals surface area contributed by atoms with Crippen LogP contribution in [0, 0.1) is 105 Å². The third-order valence-electron chi connectivity index (χ3n) is 6.27. The van der Waals surface area contributed by atoms with E-state index in [2.05, 4.69) is 0 Å². The first kappa shape index (κ1) is 33.0. The molecule has 0 fully saturated rings. The van der Waals surface area contributed by atoms with Crippen LogP contribution in [0.2, 0.25) is 0 Å². The van der Waals surface area contributed by atoms with Crippen molar-refractivity contribution in [1.82, 2.24) is 0 Å². The molecule has 0 atom stereocenters. The highest BCUT2D eigenvalue weighted by Gasteiger charge is 2.36. The minimum absolute atomic E-state index is 1.89. The highest BCUT2D eigenvalue weighted by molar-refractivity contribution is 6.68. The standard InChI is InChI=1S/C24H4F18Si2/c25-3-1(4(26)14(36)21(13(3)35)43-23-17(39)9(31)7(29)10(32)18(23)40)2-5(27)15(37)22(16(38)6(2)28)44-24-19(41)11(33)8(30)12(34)20(24)42/h43-44H2. The molecule has 0 aliphatic rings. The first-order valence-corrected chi connectivity index (χ1v) is 13.9. The van der Waals surface area contributed by atoms with Gasteiger partial charge >= 0.3 is 0 Å². The Morgan fingerprint density at radius 1 is 0.182 bits per heavy atom. The van der Waals surface area contributed by atoms with E-state index in [1.54, 1.807) is 0 Å². The molecule has 0 aromatic heterocycles. The van der Waals surface area contributed by atoms with E-state index in [-0.39, 0.29) is 0 Å². The lowest BCUT2D eigenvalue weighted by Gasteiger charge is -2.16. The Hall–Kier alpha value is -3.95. The third-order valence-corrected chi connectivity index (χ3v) is 10.2. The molecular formula is C24H4F18Si2. The Balaban J connectivity index is 1.92. The topological polar surface area (TPSA) is 0 Å². The van der Waals surface area contributed by atoms with Crippen molar-refractivity contribution in [2.24, 2.45) is 0 Å². The van der Waals surface area contributed by atoms with Gasteiger partial charge in [-0.05, 0) is 0 Å². The first-order chi connectivity index (χ1) is 20.4. The molecule has 44 heavy (non-hydrogen) atoms. The van der Waals surface area contributed by atoms with Gasteiger partial charge in [0.2, 0.25) is 11.6 Å². The van der Waals surface area contributed by atoms with Crippen molar-refractivity contribution in [2.45, 2.75) is 0 Å². The highest BCUT2D eigenvalue weighted by atomic mass is 28.2. The molecule has 0 nitrogen and oxygen atoms in total. The van der Waals surface area contributed by atoms with Crippen LogP contribution < -0.4 is 20.7 Å². The summed E-state index contributed by atoms with van der Waals surface area (Å²) in [6, 6.07) is 0. The maximum atomic E-state index is 14.9. The van der Waals surface area contributed by atoms with Crippen LogP contribution in [0.5, 0.6) is 0 Å². The number of rotatable bonds is 5. The summed E-state index contributed by atoms with van der Waals surface area (Å²) in [5.74, 6) is -48.8. The highest BCUT2D eigenvalue weighted by Crippen LogP contribution is 2.34. The smallest absolute Gasteiger partial charge is 0.200 e. The monoisotopic (exact) mass is 690 g/mol. The molecule has 0 aliphatic heterocycles. The molecule has 234 valence electrons. The van der Waals surface area contributed by atoms with E-state index in [1.165, 1.54) is 0 Å². The fraction of sp³-hybridized carbons (Fsp3) is 0. The average molecular weight is 690 g/mol. The van der Waals surface area contributed by atoms with Crippen molar-refractivity contribution in [3.63, 3.8) is 0 Å². The van der Waals surface area contributed by atoms with E-state index in [0.717, 1.165) is 0 Å². The number of halogens is 18. The van der Waals surface area contributed by atoms with Crippen molar-refractivity contribution in [3.8, 4) is 11.1 Å². The van der Waals surface area contributed by atoms with Crippen molar-refractivity contribution >= 4 is 39.8 Å². The van der Waals surface area contributed by atoms with Gasteiger partial charge in [-0.25, -0.2) is 79.0 Å². The normalized spacial score (nSPS) is 12.1. The molecule has 4 aromatic carbocycles. The van der Waals surface area contributed by atoms with Crippen LogP contribution in [0.1, 0.15) is 0 Å². The molecule has 0 saturated carbocycles. The summed E-state index contributed by atoms with van der Waals surface area (Å²) in [5.41, 5.74) is -5.07. The number of hydrogen-bond donors (Lipinski definition) is 0. The fourth-order valence-corrected chi connectivity index (χ4v) is 7.26. The van der Waals surface area contributed by atoms with Gasteiger partial charge in [0.15, 0.2) is 93.1 Å². The van der Waals surface area contributed by atoms with Crippen LogP contribution in [0.15, 0.2) is 0 Å². The quantitative estimate of drug-likeness (QED) is 0.128. The lowest BCUT2D eigenvalue weighted by molar-refractivity contribution is 0.384. The van der Waals surface area contributed by atoms with E-state index in [4.69, 9.17) is 0 Å². The SMILES string of the molecule is Fc1c(F)c(F)c([SiH2]c2c(F)c(F)c(-c3c(F)c(F)c([SiH2]c4c(F)c(F)c(F)c(F)c4F)c(F)c3F)c(F)c2F)c(F)c1F.